The van der Waals surface area contributed by atoms with Gasteiger partial charge in [-0.3, -0.25) is 4.79 Å². The monoisotopic (exact) mass is 377 g/mol. The third-order valence-corrected chi connectivity index (χ3v) is 6.30. The summed E-state index contributed by atoms with van der Waals surface area (Å²) in [5, 5.41) is 16.9. The summed E-state index contributed by atoms with van der Waals surface area (Å²) < 4.78 is 5.45. The Morgan fingerprint density at radius 3 is 2.52 bits per heavy atom. The van der Waals surface area contributed by atoms with E-state index < -0.39 is 5.97 Å². The summed E-state index contributed by atoms with van der Waals surface area (Å²) in [5.41, 5.74) is 0. The molecule has 0 amide bonds. The van der Waals surface area contributed by atoms with E-state index in [1.54, 1.807) is 0 Å². The molecule has 0 spiro atoms. The quantitative estimate of drug-likeness (QED) is 0.609. The molecule has 1 heterocycles. The summed E-state index contributed by atoms with van der Waals surface area (Å²) in [6, 6.07) is 0.547. The lowest BCUT2D eigenvalue weighted by molar-refractivity contribution is -0.137. The molecule has 6 nitrogen and oxygen atoms in total. The second-order valence-electron chi connectivity index (χ2n) is 8.49. The van der Waals surface area contributed by atoms with Crippen molar-refractivity contribution in [3.63, 3.8) is 0 Å². The molecule has 0 aromatic carbocycles. The van der Waals surface area contributed by atoms with Gasteiger partial charge in [0.1, 0.15) is 0 Å². The number of rotatable bonds is 10. The van der Waals surface area contributed by atoms with Crippen LogP contribution in [0.4, 0.5) is 0 Å². The molecule has 2 saturated carbocycles. The molecule has 0 radical (unpaired) electrons. The Morgan fingerprint density at radius 2 is 1.81 bits per heavy atom. The molecule has 2 N–H and O–H groups in total. The van der Waals surface area contributed by atoms with Crippen LogP contribution in [0, 0.1) is 5.92 Å². The van der Waals surface area contributed by atoms with Crippen LogP contribution < -0.4 is 5.32 Å². The SMILES string of the molecule is O=C(O)CC(CCCC1CCCCC1)c1nc(CNC2CCCCC2)no1. The lowest BCUT2D eigenvalue weighted by Crippen LogP contribution is -2.30. The predicted octanol–water partition coefficient (Wildman–Crippen LogP) is 4.80. The van der Waals surface area contributed by atoms with E-state index >= 15 is 0 Å². The normalized spacial score (nSPS) is 20.6. The van der Waals surface area contributed by atoms with Gasteiger partial charge in [-0.25, -0.2) is 0 Å². The molecular weight excluding hydrogens is 342 g/mol. The summed E-state index contributed by atoms with van der Waals surface area (Å²) in [4.78, 5) is 15.8. The van der Waals surface area contributed by atoms with Gasteiger partial charge in [0.05, 0.1) is 13.0 Å². The van der Waals surface area contributed by atoms with Crippen LogP contribution in [0.25, 0.3) is 0 Å². The van der Waals surface area contributed by atoms with Gasteiger partial charge in [-0.1, -0.05) is 69.4 Å². The van der Waals surface area contributed by atoms with Crippen LogP contribution in [0.15, 0.2) is 4.52 Å². The Labute approximate surface area is 162 Å². The van der Waals surface area contributed by atoms with Gasteiger partial charge >= 0.3 is 5.97 Å². The number of carbonyl (C=O) groups is 1. The molecular formula is C21H35N3O3. The van der Waals surface area contributed by atoms with Crippen molar-refractivity contribution in [1.82, 2.24) is 15.5 Å². The Bertz CT molecular complexity index is 563. The van der Waals surface area contributed by atoms with E-state index in [9.17, 15) is 9.90 Å². The average molecular weight is 378 g/mol. The molecule has 1 unspecified atom stereocenters. The maximum atomic E-state index is 11.3. The topological polar surface area (TPSA) is 88.2 Å². The highest BCUT2D eigenvalue weighted by Gasteiger charge is 2.23. The minimum Gasteiger partial charge on any atom is -0.481 e. The van der Waals surface area contributed by atoms with Crippen molar-refractivity contribution >= 4 is 5.97 Å². The third-order valence-electron chi connectivity index (χ3n) is 6.30. The predicted molar refractivity (Wildman–Crippen MR) is 103 cm³/mol. The van der Waals surface area contributed by atoms with Crippen molar-refractivity contribution in [2.45, 2.75) is 108 Å². The maximum absolute atomic E-state index is 11.3. The van der Waals surface area contributed by atoms with Crippen molar-refractivity contribution < 1.29 is 14.4 Å². The maximum Gasteiger partial charge on any atom is 0.304 e. The first-order valence-corrected chi connectivity index (χ1v) is 11.0. The van der Waals surface area contributed by atoms with Crippen LogP contribution in [0.3, 0.4) is 0 Å². The van der Waals surface area contributed by atoms with Gasteiger partial charge in [0.15, 0.2) is 5.82 Å². The van der Waals surface area contributed by atoms with Crippen LogP contribution in [-0.2, 0) is 11.3 Å². The van der Waals surface area contributed by atoms with E-state index in [4.69, 9.17) is 4.52 Å². The molecule has 2 fully saturated rings. The Kier molecular flexibility index (Phi) is 8.11. The second-order valence-corrected chi connectivity index (χ2v) is 8.49. The molecule has 2 aliphatic carbocycles. The zero-order valence-corrected chi connectivity index (χ0v) is 16.5. The fraction of sp³-hybridized carbons (Fsp3) is 0.857. The minimum absolute atomic E-state index is 0.0718. The van der Waals surface area contributed by atoms with Gasteiger partial charge in [-0.2, -0.15) is 4.98 Å². The van der Waals surface area contributed by atoms with Gasteiger partial charge in [-0.15, -0.1) is 0 Å². The van der Waals surface area contributed by atoms with Gasteiger partial charge in [0, 0.05) is 12.0 Å². The summed E-state index contributed by atoms with van der Waals surface area (Å²) in [6.45, 7) is 0.607. The molecule has 1 atom stereocenters. The standard InChI is InChI=1S/C21H35N3O3/c25-20(26)14-17(11-7-10-16-8-3-1-4-9-16)21-23-19(24-27-21)15-22-18-12-5-2-6-13-18/h16-18,22H,1-15H2,(H,25,26). The van der Waals surface area contributed by atoms with Crippen molar-refractivity contribution in [3.05, 3.63) is 11.7 Å². The van der Waals surface area contributed by atoms with Crippen LogP contribution in [0.5, 0.6) is 0 Å². The fourth-order valence-electron chi connectivity index (χ4n) is 4.70. The molecule has 1 aromatic heterocycles. The molecule has 2 aliphatic rings. The van der Waals surface area contributed by atoms with E-state index in [1.165, 1.54) is 70.6 Å². The number of hydrogen-bond acceptors (Lipinski definition) is 5. The number of aliphatic carboxylic acids is 1. The van der Waals surface area contributed by atoms with Crippen molar-refractivity contribution in [2.24, 2.45) is 5.92 Å². The highest BCUT2D eigenvalue weighted by molar-refractivity contribution is 5.67. The Morgan fingerprint density at radius 1 is 1.11 bits per heavy atom. The lowest BCUT2D eigenvalue weighted by Gasteiger charge is -2.22. The van der Waals surface area contributed by atoms with Crippen molar-refractivity contribution in [3.8, 4) is 0 Å². The number of nitrogens with one attached hydrogen (secondary N) is 1. The first-order chi connectivity index (χ1) is 13.2. The van der Waals surface area contributed by atoms with Gasteiger partial charge in [-0.05, 0) is 25.2 Å². The number of nitrogens with zero attached hydrogens (tertiary/aromatic N) is 2. The van der Waals surface area contributed by atoms with Gasteiger partial charge in [0.25, 0.3) is 0 Å². The molecule has 0 aliphatic heterocycles. The number of carboxylic acid groups (broad SMARTS) is 1. The van der Waals surface area contributed by atoms with Crippen LogP contribution >= 0.6 is 0 Å². The number of hydrogen-bond donors (Lipinski definition) is 2. The summed E-state index contributed by atoms with van der Waals surface area (Å²) in [7, 11) is 0. The number of carboxylic acids is 1. The molecule has 27 heavy (non-hydrogen) atoms. The van der Waals surface area contributed by atoms with Crippen molar-refractivity contribution in [1.29, 1.82) is 0 Å². The largest absolute Gasteiger partial charge is 0.481 e. The summed E-state index contributed by atoms with van der Waals surface area (Å²) >= 11 is 0. The Balaban J connectivity index is 1.47. The van der Waals surface area contributed by atoms with E-state index in [2.05, 4.69) is 15.5 Å². The zero-order chi connectivity index (χ0) is 18.9. The smallest absolute Gasteiger partial charge is 0.304 e. The Hall–Kier alpha value is -1.43. The van der Waals surface area contributed by atoms with Crippen LogP contribution in [-0.4, -0.2) is 27.3 Å². The second kappa shape index (κ2) is 10.8. The molecule has 152 valence electrons. The van der Waals surface area contributed by atoms with Crippen LogP contribution in [0.1, 0.15) is 108 Å². The third kappa shape index (κ3) is 6.91. The number of aromatic nitrogens is 2. The molecule has 0 bridgehead atoms. The lowest BCUT2D eigenvalue weighted by atomic mass is 9.84. The summed E-state index contributed by atoms with van der Waals surface area (Å²) in [6.07, 6.45) is 16.2. The van der Waals surface area contributed by atoms with Gasteiger partial charge < -0.3 is 14.9 Å². The highest BCUT2D eigenvalue weighted by atomic mass is 16.5. The molecule has 1 aromatic rings. The van der Waals surface area contributed by atoms with E-state index in [0.29, 0.717) is 24.3 Å². The average Bonchev–Trinajstić information content (AvgIpc) is 3.16. The van der Waals surface area contributed by atoms with E-state index in [0.717, 1.165) is 18.8 Å². The van der Waals surface area contributed by atoms with Gasteiger partial charge in [0.2, 0.25) is 5.89 Å². The first-order valence-electron chi connectivity index (χ1n) is 11.0. The van der Waals surface area contributed by atoms with E-state index in [-0.39, 0.29) is 12.3 Å². The molecule has 6 heteroatoms. The summed E-state index contributed by atoms with van der Waals surface area (Å²) in [5.74, 6) is 1.02. The molecule has 0 saturated heterocycles. The minimum atomic E-state index is -0.794. The van der Waals surface area contributed by atoms with E-state index in [1.807, 2.05) is 0 Å². The fourth-order valence-corrected chi connectivity index (χ4v) is 4.70. The van der Waals surface area contributed by atoms with Crippen molar-refractivity contribution in [2.75, 3.05) is 0 Å². The highest BCUT2D eigenvalue weighted by Crippen LogP contribution is 2.31. The molecule has 3 rings (SSSR count). The zero-order valence-electron chi connectivity index (χ0n) is 16.5. The first kappa shape index (κ1) is 20.3. The van der Waals surface area contributed by atoms with Crippen LogP contribution in [0.2, 0.25) is 0 Å².